The lowest BCUT2D eigenvalue weighted by atomic mass is 9.80. The van der Waals surface area contributed by atoms with Crippen LogP contribution in [0.25, 0.3) is 5.57 Å². The molecule has 3 aliphatic rings. The number of carboxylic acid groups (broad SMARTS) is 1. The highest BCUT2D eigenvalue weighted by Crippen LogP contribution is 2.58. The summed E-state index contributed by atoms with van der Waals surface area (Å²) in [6.45, 7) is 3.45. The van der Waals surface area contributed by atoms with Crippen LogP contribution in [0.1, 0.15) is 30.4 Å². The van der Waals surface area contributed by atoms with E-state index >= 15 is 0 Å². The summed E-state index contributed by atoms with van der Waals surface area (Å²) in [5, 5.41) is 12.9. The standard InChI is InChI=1S/C23H29N3O5/c1-13-3-4-15(31-2)9-16(13)14-5-7-26(8-6-14)21(28)19-17(22(29)30)10-23(12-25-19)11-18(23)20(24)27/h3-5,9,17-19,25H,6-8,10-12H2,1-2H3,(H2,24,27)(H,29,30). The molecule has 1 aliphatic carbocycles. The molecular weight excluding hydrogens is 398 g/mol. The van der Waals surface area contributed by atoms with Crippen molar-refractivity contribution in [2.45, 2.75) is 32.2 Å². The fourth-order valence-corrected chi connectivity index (χ4v) is 5.13. The third kappa shape index (κ3) is 3.92. The van der Waals surface area contributed by atoms with Crippen LogP contribution in [0.4, 0.5) is 0 Å². The summed E-state index contributed by atoms with van der Waals surface area (Å²) in [7, 11) is 1.64. The number of ether oxygens (including phenoxy) is 1. The molecule has 8 nitrogen and oxygen atoms in total. The first-order chi connectivity index (χ1) is 14.8. The van der Waals surface area contributed by atoms with Crippen LogP contribution < -0.4 is 15.8 Å². The van der Waals surface area contributed by atoms with Crippen molar-refractivity contribution in [3.63, 3.8) is 0 Å². The number of nitrogens with one attached hydrogen (secondary N) is 1. The van der Waals surface area contributed by atoms with Crippen molar-refractivity contribution in [1.82, 2.24) is 10.2 Å². The van der Waals surface area contributed by atoms with Gasteiger partial charge in [-0.15, -0.1) is 0 Å². The second-order valence-electron chi connectivity index (χ2n) is 8.97. The monoisotopic (exact) mass is 427 g/mol. The molecule has 1 aromatic rings. The van der Waals surface area contributed by atoms with Gasteiger partial charge in [0.2, 0.25) is 11.8 Å². The van der Waals surface area contributed by atoms with Gasteiger partial charge in [-0.1, -0.05) is 12.1 Å². The Bertz CT molecular complexity index is 959. The first-order valence-electron chi connectivity index (χ1n) is 10.6. The number of carbonyl (C=O) groups is 3. The summed E-state index contributed by atoms with van der Waals surface area (Å²) in [6, 6.07) is 5.16. The van der Waals surface area contributed by atoms with Crippen molar-refractivity contribution >= 4 is 23.4 Å². The van der Waals surface area contributed by atoms with Crippen LogP contribution >= 0.6 is 0 Å². The Labute approximate surface area is 181 Å². The molecule has 0 aromatic heterocycles. The van der Waals surface area contributed by atoms with E-state index in [0.717, 1.165) is 22.4 Å². The number of piperidine rings is 1. The van der Waals surface area contributed by atoms with E-state index in [0.29, 0.717) is 38.9 Å². The largest absolute Gasteiger partial charge is 0.497 e. The zero-order chi connectivity index (χ0) is 22.3. The van der Waals surface area contributed by atoms with Gasteiger partial charge >= 0.3 is 5.97 Å². The fourth-order valence-electron chi connectivity index (χ4n) is 5.13. The highest BCUT2D eigenvalue weighted by molar-refractivity contribution is 5.89. The Morgan fingerprint density at radius 1 is 1.29 bits per heavy atom. The van der Waals surface area contributed by atoms with E-state index in [9.17, 15) is 19.5 Å². The van der Waals surface area contributed by atoms with Crippen LogP contribution in [0.2, 0.25) is 0 Å². The Morgan fingerprint density at radius 3 is 2.65 bits per heavy atom. The van der Waals surface area contributed by atoms with Gasteiger partial charge in [-0.2, -0.15) is 0 Å². The summed E-state index contributed by atoms with van der Waals surface area (Å²) in [4.78, 5) is 38.4. The van der Waals surface area contributed by atoms with Crippen molar-refractivity contribution in [2.24, 2.45) is 23.0 Å². The number of aliphatic carboxylic acids is 1. The van der Waals surface area contributed by atoms with Gasteiger partial charge in [-0.25, -0.2) is 0 Å². The number of amides is 2. The predicted molar refractivity (Wildman–Crippen MR) is 114 cm³/mol. The molecule has 166 valence electrons. The van der Waals surface area contributed by atoms with Gasteiger partial charge in [0.1, 0.15) is 11.8 Å². The number of primary amides is 1. The minimum Gasteiger partial charge on any atom is -0.497 e. The highest BCUT2D eigenvalue weighted by atomic mass is 16.5. The minimum absolute atomic E-state index is 0.198. The number of benzene rings is 1. The average Bonchev–Trinajstić information content (AvgIpc) is 3.47. The van der Waals surface area contributed by atoms with E-state index < -0.39 is 29.3 Å². The van der Waals surface area contributed by atoms with Crippen molar-refractivity contribution in [3.05, 3.63) is 35.4 Å². The molecule has 4 rings (SSSR count). The van der Waals surface area contributed by atoms with Crippen molar-refractivity contribution in [2.75, 3.05) is 26.7 Å². The topological polar surface area (TPSA) is 122 Å². The molecule has 4 N–H and O–H groups in total. The number of hydrogen-bond donors (Lipinski definition) is 3. The molecule has 1 aromatic carbocycles. The number of carbonyl (C=O) groups excluding carboxylic acids is 2. The van der Waals surface area contributed by atoms with E-state index in [4.69, 9.17) is 10.5 Å². The van der Waals surface area contributed by atoms with Gasteiger partial charge in [0.25, 0.3) is 0 Å². The number of hydrogen-bond acceptors (Lipinski definition) is 5. The number of methoxy groups -OCH3 is 1. The van der Waals surface area contributed by atoms with Crippen molar-refractivity contribution in [1.29, 1.82) is 0 Å². The summed E-state index contributed by atoms with van der Waals surface area (Å²) in [5.41, 5.74) is 8.42. The van der Waals surface area contributed by atoms with Crippen LogP contribution in [0, 0.1) is 24.2 Å². The van der Waals surface area contributed by atoms with Crippen LogP contribution in [-0.4, -0.2) is 60.6 Å². The van der Waals surface area contributed by atoms with Gasteiger partial charge in [0.05, 0.1) is 13.0 Å². The van der Waals surface area contributed by atoms with Crippen molar-refractivity contribution < 1.29 is 24.2 Å². The maximum absolute atomic E-state index is 13.2. The minimum atomic E-state index is -1.01. The molecule has 31 heavy (non-hydrogen) atoms. The van der Waals surface area contributed by atoms with E-state index in [1.165, 1.54) is 0 Å². The average molecular weight is 428 g/mol. The first kappa shape index (κ1) is 21.4. The summed E-state index contributed by atoms with van der Waals surface area (Å²) in [6.07, 6.45) is 3.62. The van der Waals surface area contributed by atoms with E-state index in [2.05, 4.69) is 5.32 Å². The van der Waals surface area contributed by atoms with Crippen LogP contribution in [0.15, 0.2) is 24.3 Å². The summed E-state index contributed by atoms with van der Waals surface area (Å²) in [5.74, 6) is -1.98. The van der Waals surface area contributed by atoms with E-state index in [1.54, 1.807) is 12.0 Å². The number of carboxylic acids is 1. The molecule has 4 unspecified atom stereocenters. The molecule has 2 amide bonds. The lowest BCUT2D eigenvalue weighted by molar-refractivity contribution is -0.150. The molecule has 2 fully saturated rings. The first-order valence-corrected chi connectivity index (χ1v) is 10.6. The lowest BCUT2D eigenvalue weighted by Gasteiger charge is -2.38. The second kappa shape index (κ2) is 8.00. The van der Waals surface area contributed by atoms with Gasteiger partial charge in [-0.05, 0) is 60.4 Å². The number of nitrogens with two attached hydrogens (primary N) is 1. The molecule has 1 saturated heterocycles. The van der Waals surface area contributed by atoms with Gasteiger partial charge < -0.3 is 25.8 Å². The lowest BCUT2D eigenvalue weighted by Crippen LogP contribution is -2.58. The molecule has 1 spiro atoms. The Morgan fingerprint density at radius 2 is 2.06 bits per heavy atom. The van der Waals surface area contributed by atoms with E-state index in [-0.39, 0.29) is 11.8 Å². The van der Waals surface area contributed by atoms with Crippen LogP contribution in [0.3, 0.4) is 0 Å². The smallest absolute Gasteiger partial charge is 0.308 e. The molecule has 4 atom stereocenters. The molecule has 2 heterocycles. The van der Waals surface area contributed by atoms with Crippen molar-refractivity contribution in [3.8, 4) is 5.75 Å². The zero-order valence-electron chi connectivity index (χ0n) is 17.9. The quantitative estimate of drug-likeness (QED) is 0.649. The molecule has 0 bridgehead atoms. The maximum Gasteiger partial charge on any atom is 0.308 e. The Kier molecular flexibility index (Phi) is 5.51. The van der Waals surface area contributed by atoms with Crippen LogP contribution in [0.5, 0.6) is 5.75 Å². The fraction of sp³-hybridized carbons (Fsp3) is 0.522. The Balaban J connectivity index is 1.46. The predicted octanol–water partition coefficient (Wildman–Crippen LogP) is 1.17. The number of nitrogens with zero attached hydrogens (tertiary/aromatic N) is 1. The normalized spacial score (nSPS) is 29.9. The molecule has 1 saturated carbocycles. The Hall–Kier alpha value is -2.87. The summed E-state index contributed by atoms with van der Waals surface area (Å²) >= 11 is 0. The highest BCUT2D eigenvalue weighted by Gasteiger charge is 2.62. The molecular formula is C23H29N3O5. The van der Waals surface area contributed by atoms with Gasteiger partial charge in [-0.3, -0.25) is 14.4 Å². The van der Waals surface area contributed by atoms with Gasteiger partial charge in [0.15, 0.2) is 0 Å². The number of aryl methyl sites for hydroxylation is 1. The van der Waals surface area contributed by atoms with Gasteiger partial charge in [0, 0.05) is 25.6 Å². The third-order valence-corrected chi connectivity index (χ3v) is 7.13. The maximum atomic E-state index is 13.2. The molecule has 0 radical (unpaired) electrons. The van der Waals surface area contributed by atoms with Crippen LogP contribution in [-0.2, 0) is 14.4 Å². The molecule has 8 heteroatoms. The SMILES string of the molecule is COc1ccc(C)c(C2=CCN(C(=O)C3NCC4(CC3C(=O)O)CC4C(N)=O)CC2)c1. The van der Waals surface area contributed by atoms with E-state index in [1.807, 2.05) is 31.2 Å². The number of rotatable bonds is 5. The summed E-state index contributed by atoms with van der Waals surface area (Å²) < 4.78 is 5.33. The molecule has 2 aliphatic heterocycles. The second-order valence-corrected chi connectivity index (χ2v) is 8.97. The third-order valence-electron chi connectivity index (χ3n) is 7.13. The zero-order valence-corrected chi connectivity index (χ0v) is 17.9.